The summed E-state index contributed by atoms with van der Waals surface area (Å²) in [5.74, 6) is 0.839. The van der Waals surface area contributed by atoms with Gasteiger partial charge in [0, 0.05) is 29.0 Å². The first kappa shape index (κ1) is 17.7. The molecule has 1 aliphatic rings. The molecule has 0 radical (unpaired) electrons. The Morgan fingerprint density at radius 2 is 1.97 bits per heavy atom. The number of aromatic nitrogens is 1. The number of thiophene rings is 1. The Labute approximate surface area is 172 Å². The van der Waals surface area contributed by atoms with E-state index in [9.17, 15) is 0 Å². The molecule has 4 aromatic rings. The smallest absolute Gasteiger partial charge is 0.118 e. The molecule has 5 nitrogen and oxygen atoms in total. The number of fused-ring (bicyclic) bond motifs is 2. The maximum atomic E-state index is 9.17. The number of methoxy groups -OCH3 is 1. The number of pyridine rings is 1. The van der Waals surface area contributed by atoms with Crippen LogP contribution in [0.15, 0.2) is 66.1 Å². The zero-order chi connectivity index (χ0) is 19.8. The third-order valence-corrected chi connectivity index (χ3v) is 6.47. The van der Waals surface area contributed by atoms with Gasteiger partial charge >= 0.3 is 0 Å². The van der Waals surface area contributed by atoms with Crippen LogP contribution in [-0.4, -0.2) is 23.0 Å². The monoisotopic (exact) mass is 401 g/mol. The quantitative estimate of drug-likeness (QED) is 0.333. The Morgan fingerprint density at radius 3 is 2.76 bits per heavy atom. The minimum atomic E-state index is 0.762. The average molecular weight is 401 g/mol. The molecule has 144 valence electrons. The van der Waals surface area contributed by atoms with Gasteiger partial charge in [0.2, 0.25) is 0 Å². The zero-order valence-corrected chi connectivity index (χ0v) is 16.7. The number of oxime groups is 1. The van der Waals surface area contributed by atoms with E-state index in [0.29, 0.717) is 0 Å². The van der Waals surface area contributed by atoms with Crippen molar-refractivity contribution in [2.24, 2.45) is 5.16 Å². The minimum absolute atomic E-state index is 0.762. The van der Waals surface area contributed by atoms with E-state index in [1.807, 2.05) is 42.7 Å². The van der Waals surface area contributed by atoms with Gasteiger partial charge in [-0.25, -0.2) is 0 Å². The number of nitrogens with one attached hydrogen (secondary N) is 1. The summed E-state index contributed by atoms with van der Waals surface area (Å²) in [7, 11) is 1.67. The molecule has 0 bridgehead atoms. The Bertz CT molecular complexity index is 1230. The average Bonchev–Trinajstić information content (AvgIpc) is 3.35. The first-order valence-electron chi connectivity index (χ1n) is 9.39. The van der Waals surface area contributed by atoms with Crippen molar-refractivity contribution in [2.75, 3.05) is 12.4 Å². The van der Waals surface area contributed by atoms with Gasteiger partial charge in [-0.15, -0.1) is 11.3 Å². The lowest BCUT2D eigenvalue weighted by molar-refractivity contribution is 0.318. The van der Waals surface area contributed by atoms with E-state index in [1.165, 1.54) is 5.56 Å². The molecule has 2 N–H and O–H groups in total. The van der Waals surface area contributed by atoms with Crippen molar-refractivity contribution in [2.45, 2.75) is 12.8 Å². The van der Waals surface area contributed by atoms with E-state index in [0.717, 1.165) is 61.8 Å². The van der Waals surface area contributed by atoms with Gasteiger partial charge in [0.15, 0.2) is 0 Å². The van der Waals surface area contributed by atoms with Crippen molar-refractivity contribution in [1.82, 2.24) is 4.98 Å². The van der Waals surface area contributed by atoms with Crippen molar-refractivity contribution >= 4 is 38.5 Å². The molecule has 29 heavy (non-hydrogen) atoms. The Kier molecular flexibility index (Phi) is 4.41. The molecule has 1 aliphatic carbocycles. The highest BCUT2D eigenvalue weighted by Gasteiger charge is 2.20. The SMILES string of the molecule is COc1ccc(-c2sc3cnccc3c2Nc2ccc3c(c2)CCC3=NO)cc1. The van der Waals surface area contributed by atoms with Gasteiger partial charge in [-0.2, -0.15) is 0 Å². The fraction of sp³-hybridized carbons (Fsp3) is 0.130. The molecule has 2 aromatic carbocycles. The predicted molar refractivity (Wildman–Crippen MR) is 118 cm³/mol. The molecular weight excluding hydrogens is 382 g/mol. The van der Waals surface area contributed by atoms with Crippen molar-refractivity contribution in [3.8, 4) is 16.2 Å². The molecule has 2 aromatic heterocycles. The summed E-state index contributed by atoms with van der Waals surface area (Å²) in [5.41, 5.74) is 6.23. The number of ether oxygens (including phenoxy) is 1. The zero-order valence-electron chi connectivity index (χ0n) is 15.8. The van der Waals surface area contributed by atoms with Crippen LogP contribution >= 0.6 is 11.3 Å². The minimum Gasteiger partial charge on any atom is -0.497 e. The Hall–Kier alpha value is -3.38. The molecule has 0 unspecified atom stereocenters. The summed E-state index contributed by atoms with van der Waals surface area (Å²) >= 11 is 1.72. The summed E-state index contributed by atoms with van der Waals surface area (Å²) in [6, 6.07) is 16.4. The van der Waals surface area contributed by atoms with E-state index >= 15 is 0 Å². The van der Waals surface area contributed by atoms with E-state index in [-0.39, 0.29) is 0 Å². The molecular formula is C23H19N3O2S. The number of hydrogen-bond donors (Lipinski definition) is 2. The molecule has 6 heteroatoms. The molecule has 0 amide bonds. The highest BCUT2D eigenvalue weighted by molar-refractivity contribution is 7.23. The molecule has 2 heterocycles. The van der Waals surface area contributed by atoms with E-state index < -0.39 is 0 Å². The molecule has 0 atom stereocenters. The van der Waals surface area contributed by atoms with Crippen LogP contribution in [-0.2, 0) is 6.42 Å². The largest absolute Gasteiger partial charge is 0.497 e. The van der Waals surface area contributed by atoms with Crippen molar-refractivity contribution < 1.29 is 9.94 Å². The molecule has 0 spiro atoms. The van der Waals surface area contributed by atoms with Crippen LogP contribution in [0.25, 0.3) is 20.5 Å². The lowest BCUT2D eigenvalue weighted by Gasteiger charge is -2.11. The van der Waals surface area contributed by atoms with Crippen molar-refractivity contribution in [3.63, 3.8) is 0 Å². The van der Waals surface area contributed by atoms with Gasteiger partial charge in [-0.05, 0) is 66.4 Å². The van der Waals surface area contributed by atoms with Gasteiger partial charge in [0.25, 0.3) is 0 Å². The van der Waals surface area contributed by atoms with Crippen molar-refractivity contribution in [1.29, 1.82) is 0 Å². The summed E-state index contributed by atoms with van der Waals surface area (Å²) < 4.78 is 6.44. The predicted octanol–water partition coefficient (Wildman–Crippen LogP) is 5.84. The number of rotatable bonds is 4. The summed E-state index contributed by atoms with van der Waals surface area (Å²) in [4.78, 5) is 5.45. The van der Waals surface area contributed by atoms with Crippen LogP contribution in [0.2, 0.25) is 0 Å². The van der Waals surface area contributed by atoms with Crippen molar-refractivity contribution in [3.05, 3.63) is 72.1 Å². The summed E-state index contributed by atoms with van der Waals surface area (Å²) in [6.07, 6.45) is 5.40. The number of benzene rings is 2. The van der Waals surface area contributed by atoms with Gasteiger partial charge in [0.1, 0.15) is 5.75 Å². The fourth-order valence-corrected chi connectivity index (χ4v) is 4.95. The van der Waals surface area contributed by atoms with E-state index in [4.69, 9.17) is 9.94 Å². The molecule has 0 aliphatic heterocycles. The second-order valence-electron chi connectivity index (χ2n) is 6.95. The van der Waals surface area contributed by atoms with Crippen LogP contribution in [0.4, 0.5) is 11.4 Å². The molecule has 0 saturated heterocycles. The second kappa shape index (κ2) is 7.22. The third kappa shape index (κ3) is 3.11. The lowest BCUT2D eigenvalue weighted by Crippen LogP contribution is -1.96. The maximum Gasteiger partial charge on any atom is 0.118 e. The molecule has 0 saturated carbocycles. The van der Waals surface area contributed by atoms with Gasteiger partial charge in [0.05, 0.1) is 28.1 Å². The highest BCUT2D eigenvalue weighted by Crippen LogP contribution is 2.44. The van der Waals surface area contributed by atoms with Gasteiger partial charge in [-0.1, -0.05) is 11.2 Å². The first-order valence-corrected chi connectivity index (χ1v) is 10.2. The number of aryl methyl sites for hydroxylation is 1. The summed E-state index contributed by atoms with van der Waals surface area (Å²) in [5, 5.41) is 17.4. The van der Waals surface area contributed by atoms with Crippen LogP contribution in [0.5, 0.6) is 5.75 Å². The van der Waals surface area contributed by atoms with Gasteiger partial charge < -0.3 is 15.3 Å². The third-order valence-electron chi connectivity index (χ3n) is 5.28. The molecule has 0 fully saturated rings. The highest BCUT2D eigenvalue weighted by atomic mass is 32.1. The van der Waals surface area contributed by atoms with E-state index in [2.05, 4.69) is 33.7 Å². The summed E-state index contributed by atoms with van der Waals surface area (Å²) in [6.45, 7) is 0. The van der Waals surface area contributed by atoms with Crippen LogP contribution in [0.1, 0.15) is 17.5 Å². The number of nitrogens with zero attached hydrogens (tertiary/aromatic N) is 2. The molecule has 5 rings (SSSR count). The lowest BCUT2D eigenvalue weighted by atomic mass is 10.1. The number of anilines is 2. The normalized spacial score (nSPS) is 14.3. The Morgan fingerprint density at radius 1 is 1.10 bits per heavy atom. The van der Waals surface area contributed by atoms with Gasteiger partial charge in [-0.3, -0.25) is 4.98 Å². The van der Waals surface area contributed by atoms with Crippen LogP contribution in [0.3, 0.4) is 0 Å². The topological polar surface area (TPSA) is 66.7 Å². The van der Waals surface area contributed by atoms with Crippen LogP contribution < -0.4 is 10.1 Å². The standard InChI is InChI=1S/C23H19N3O2S/c1-28-17-6-2-14(3-7-17)23-22(19-10-11-24-13-21(19)29-23)25-16-5-8-18-15(12-16)4-9-20(18)26-27/h2-3,5-8,10-13,25,27H,4,9H2,1H3. The van der Waals surface area contributed by atoms with Crippen LogP contribution in [0, 0.1) is 0 Å². The Balaban J connectivity index is 1.59. The fourth-order valence-electron chi connectivity index (χ4n) is 3.82. The van der Waals surface area contributed by atoms with E-state index in [1.54, 1.807) is 18.4 Å². The second-order valence-corrected chi connectivity index (χ2v) is 8.00. The number of hydrogen-bond acceptors (Lipinski definition) is 6. The first-order chi connectivity index (χ1) is 14.3. The maximum absolute atomic E-state index is 9.17.